The van der Waals surface area contributed by atoms with Gasteiger partial charge in [0.2, 0.25) is 11.8 Å². The fourth-order valence-corrected chi connectivity index (χ4v) is 3.89. The van der Waals surface area contributed by atoms with Gasteiger partial charge in [-0.2, -0.15) is 0 Å². The first-order valence-corrected chi connectivity index (χ1v) is 9.40. The summed E-state index contributed by atoms with van der Waals surface area (Å²) < 4.78 is 26.3. The van der Waals surface area contributed by atoms with Crippen LogP contribution in [0.4, 0.5) is 20.2 Å². The standard InChI is InChI=1S/C21H21F2N3O2/c22-15-1-5-17(6-2-15)24-11-13-25(14-12-24)21(28)19-9-10-20(27)26(19)18-7-3-16(23)4-8-18/h1-8,19H,9-14H2. The Morgan fingerprint density at radius 2 is 1.36 bits per heavy atom. The monoisotopic (exact) mass is 385 g/mol. The van der Waals surface area contributed by atoms with Crippen molar-refractivity contribution in [3.05, 3.63) is 60.2 Å². The van der Waals surface area contributed by atoms with E-state index < -0.39 is 6.04 Å². The topological polar surface area (TPSA) is 43.9 Å². The summed E-state index contributed by atoms with van der Waals surface area (Å²) in [5, 5.41) is 0. The molecule has 2 aliphatic rings. The smallest absolute Gasteiger partial charge is 0.245 e. The van der Waals surface area contributed by atoms with Crippen molar-refractivity contribution in [2.24, 2.45) is 0 Å². The minimum absolute atomic E-state index is 0.0751. The van der Waals surface area contributed by atoms with Gasteiger partial charge in [0.25, 0.3) is 0 Å². The molecule has 0 radical (unpaired) electrons. The Hall–Kier alpha value is -2.96. The molecule has 5 nitrogen and oxygen atoms in total. The molecule has 0 N–H and O–H groups in total. The lowest BCUT2D eigenvalue weighted by atomic mass is 10.1. The Kier molecular flexibility index (Phi) is 4.98. The number of benzene rings is 2. The van der Waals surface area contributed by atoms with Crippen molar-refractivity contribution < 1.29 is 18.4 Å². The maximum absolute atomic E-state index is 13.2. The van der Waals surface area contributed by atoms with Crippen LogP contribution in [0.15, 0.2) is 48.5 Å². The van der Waals surface area contributed by atoms with Crippen LogP contribution < -0.4 is 9.80 Å². The number of anilines is 2. The zero-order valence-corrected chi connectivity index (χ0v) is 15.4. The second-order valence-corrected chi connectivity index (χ2v) is 7.08. The zero-order chi connectivity index (χ0) is 19.7. The molecule has 2 amide bonds. The summed E-state index contributed by atoms with van der Waals surface area (Å²) in [5.41, 5.74) is 1.48. The normalized spacial score (nSPS) is 20.0. The van der Waals surface area contributed by atoms with E-state index in [1.807, 2.05) is 0 Å². The van der Waals surface area contributed by atoms with E-state index in [0.29, 0.717) is 44.7 Å². The molecule has 2 aromatic carbocycles. The van der Waals surface area contributed by atoms with E-state index in [9.17, 15) is 18.4 Å². The zero-order valence-electron chi connectivity index (χ0n) is 15.4. The average molecular weight is 385 g/mol. The van der Waals surface area contributed by atoms with Crippen LogP contribution in [0.3, 0.4) is 0 Å². The molecule has 0 bridgehead atoms. The predicted molar refractivity (Wildman–Crippen MR) is 102 cm³/mol. The minimum atomic E-state index is -0.546. The highest BCUT2D eigenvalue weighted by atomic mass is 19.1. The van der Waals surface area contributed by atoms with Crippen molar-refractivity contribution in [3.8, 4) is 0 Å². The number of piperazine rings is 1. The van der Waals surface area contributed by atoms with E-state index in [-0.39, 0.29) is 23.4 Å². The Balaban J connectivity index is 1.43. The molecule has 0 aromatic heterocycles. The van der Waals surface area contributed by atoms with Crippen molar-refractivity contribution >= 4 is 23.2 Å². The van der Waals surface area contributed by atoms with E-state index in [2.05, 4.69) is 4.90 Å². The van der Waals surface area contributed by atoms with Crippen LogP contribution in [0.25, 0.3) is 0 Å². The van der Waals surface area contributed by atoms with Crippen LogP contribution in [-0.2, 0) is 9.59 Å². The molecule has 4 rings (SSSR count). The van der Waals surface area contributed by atoms with Crippen LogP contribution in [0.1, 0.15) is 12.8 Å². The SMILES string of the molecule is O=C(C1CCC(=O)N1c1ccc(F)cc1)N1CCN(c2ccc(F)cc2)CC1. The summed E-state index contributed by atoms with van der Waals surface area (Å²) in [6, 6.07) is 11.4. The highest BCUT2D eigenvalue weighted by Gasteiger charge is 2.39. The molecule has 2 fully saturated rings. The third-order valence-electron chi connectivity index (χ3n) is 5.38. The molecule has 2 heterocycles. The van der Waals surface area contributed by atoms with Gasteiger partial charge in [-0.25, -0.2) is 8.78 Å². The lowest BCUT2D eigenvalue weighted by molar-refractivity contribution is -0.133. The summed E-state index contributed by atoms with van der Waals surface area (Å²) in [6.07, 6.45) is 0.774. The van der Waals surface area contributed by atoms with Gasteiger partial charge in [0.1, 0.15) is 17.7 Å². The first-order valence-electron chi connectivity index (χ1n) is 9.40. The fraction of sp³-hybridized carbons (Fsp3) is 0.333. The van der Waals surface area contributed by atoms with E-state index >= 15 is 0 Å². The Labute approximate surface area is 162 Å². The fourth-order valence-electron chi connectivity index (χ4n) is 3.89. The molecule has 1 atom stereocenters. The van der Waals surface area contributed by atoms with Crippen molar-refractivity contribution in [1.82, 2.24) is 4.90 Å². The van der Waals surface area contributed by atoms with Crippen LogP contribution in [0.2, 0.25) is 0 Å². The number of amides is 2. The van der Waals surface area contributed by atoms with Gasteiger partial charge in [0, 0.05) is 44.0 Å². The highest BCUT2D eigenvalue weighted by molar-refractivity contribution is 6.03. The lowest BCUT2D eigenvalue weighted by Gasteiger charge is -2.38. The number of carbonyl (C=O) groups excluding carboxylic acids is 2. The van der Waals surface area contributed by atoms with Gasteiger partial charge in [-0.05, 0) is 55.0 Å². The molecular weight excluding hydrogens is 364 g/mol. The van der Waals surface area contributed by atoms with Gasteiger partial charge in [0.15, 0.2) is 0 Å². The van der Waals surface area contributed by atoms with Gasteiger partial charge in [-0.3, -0.25) is 14.5 Å². The summed E-state index contributed by atoms with van der Waals surface area (Å²) in [6.45, 7) is 2.37. The quantitative estimate of drug-likeness (QED) is 0.816. The van der Waals surface area contributed by atoms with Crippen molar-refractivity contribution in [1.29, 1.82) is 0 Å². The van der Waals surface area contributed by atoms with Gasteiger partial charge in [-0.1, -0.05) is 0 Å². The van der Waals surface area contributed by atoms with Crippen molar-refractivity contribution in [2.75, 3.05) is 36.0 Å². The summed E-state index contributed by atoms with van der Waals surface area (Å²) in [5.74, 6) is -0.844. The van der Waals surface area contributed by atoms with Crippen molar-refractivity contribution in [3.63, 3.8) is 0 Å². The molecule has 2 aliphatic heterocycles. The van der Waals surface area contributed by atoms with Crippen molar-refractivity contribution in [2.45, 2.75) is 18.9 Å². The van der Waals surface area contributed by atoms with Gasteiger partial charge >= 0.3 is 0 Å². The van der Waals surface area contributed by atoms with E-state index in [0.717, 1.165) is 5.69 Å². The Morgan fingerprint density at radius 3 is 1.93 bits per heavy atom. The number of hydrogen-bond donors (Lipinski definition) is 0. The second-order valence-electron chi connectivity index (χ2n) is 7.08. The van der Waals surface area contributed by atoms with Gasteiger partial charge < -0.3 is 9.80 Å². The number of halogens is 2. The molecule has 146 valence electrons. The van der Waals surface area contributed by atoms with Crippen LogP contribution in [0.5, 0.6) is 0 Å². The maximum Gasteiger partial charge on any atom is 0.245 e. The first-order chi connectivity index (χ1) is 13.5. The lowest BCUT2D eigenvalue weighted by Crippen LogP contribution is -2.54. The van der Waals surface area contributed by atoms with Gasteiger partial charge in [0.05, 0.1) is 0 Å². The third kappa shape index (κ3) is 3.56. The Morgan fingerprint density at radius 1 is 0.821 bits per heavy atom. The number of carbonyl (C=O) groups is 2. The molecule has 0 spiro atoms. The summed E-state index contributed by atoms with van der Waals surface area (Å²) in [7, 11) is 0. The van der Waals surface area contributed by atoms with Crippen LogP contribution in [-0.4, -0.2) is 48.9 Å². The molecule has 7 heteroatoms. The van der Waals surface area contributed by atoms with Crippen LogP contribution in [0, 0.1) is 11.6 Å². The predicted octanol–water partition coefficient (Wildman–Crippen LogP) is 2.81. The van der Waals surface area contributed by atoms with Crippen LogP contribution >= 0.6 is 0 Å². The number of rotatable bonds is 3. The number of nitrogens with zero attached hydrogens (tertiary/aromatic N) is 3. The summed E-state index contributed by atoms with van der Waals surface area (Å²) >= 11 is 0. The van der Waals surface area contributed by atoms with E-state index in [1.54, 1.807) is 17.0 Å². The van der Waals surface area contributed by atoms with Gasteiger partial charge in [-0.15, -0.1) is 0 Å². The Bertz CT molecular complexity index is 862. The maximum atomic E-state index is 13.2. The van der Waals surface area contributed by atoms with E-state index in [1.165, 1.54) is 41.3 Å². The molecule has 0 aliphatic carbocycles. The molecule has 2 saturated heterocycles. The first kappa shape index (κ1) is 18.4. The molecule has 1 unspecified atom stereocenters. The molecular formula is C21H21F2N3O2. The number of hydrogen-bond acceptors (Lipinski definition) is 3. The largest absolute Gasteiger partial charge is 0.368 e. The second kappa shape index (κ2) is 7.58. The summed E-state index contributed by atoms with van der Waals surface area (Å²) in [4.78, 5) is 30.8. The molecule has 28 heavy (non-hydrogen) atoms. The minimum Gasteiger partial charge on any atom is -0.368 e. The van der Waals surface area contributed by atoms with E-state index in [4.69, 9.17) is 0 Å². The third-order valence-corrected chi connectivity index (χ3v) is 5.38. The molecule has 0 saturated carbocycles. The highest BCUT2D eigenvalue weighted by Crippen LogP contribution is 2.28. The average Bonchev–Trinajstić information content (AvgIpc) is 3.10. The molecule has 2 aromatic rings.